The molecule has 3 nitrogen and oxygen atoms in total. The van der Waals surface area contributed by atoms with E-state index in [2.05, 4.69) is 31.0 Å². The van der Waals surface area contributed by atoms with Gasteiger partial charge in [-0.05, 0) is 86.0 Å². The van der Waals surface area contributed by atoms with Crippen LogP contribution in [0.15, 0.2) is 71.7 Å². The van der Waals surface area contributed by atoms with Crippen molar-refractivity contribution in [1.29, 1.82) is 0 Å². The molecule has 0 unspecified atom stereocenters. The second-order valence-corrected chi connectivity index (χ2v) is 6.35. The maximum atomic E-state index is 12.1. The summed E-state index contributed by atoms with van der Waals surface area (Å²) in [6.45, 7) is 6.14. The van der Waals surface area contributed by atoms with Crippen LogP contribution >= 0.6 is 0 Å². The fraction of sp³-hybridized carbons (Fsp3) is 0.130. The predicted octanol–water partition coefficient (Wildman–Crippen LogP) is 5.58. The van der Waals surface area contributed by atoms with Crippen molar-refractivity contribution < 1.29 is 9.53 Å². The van der Waals surface area contributed by atoms with Gasteiger partial charge in [-0.2, -0.15) is 0 Å². The van der Waals surface area contributed by atoms with Gasteiger partial charge in [0.25, 0.3) is 0 Å². The largest absolute Gasteiger partial charge is 0.423 e. The number of benzene rings is 3. The quantitative estimate of drug-likeness (QED) is 0.352. The predicted molar refractivity (Wildman–Crippen MR) is 106 cm³/mol. The molecule has 0 saturated heterocycles. The summed E-state index contributed by atoms with van der Waals surface area (Å²) in [4.78, 5) is 16.6. The van der Waals surface area contributed by atoms with Gasteiger partial charge < -0.3 is 4.74 Å². The molecule has 3 aromatic carbocycles. The highest BCUT2D eigenvalue weighted by Gasteiger charge is 2.07. The molecule has 0 aliphatic rings. The molecule has 0 aliphatic heterocycles. The van der Waals surface area contributed by atoms with E-state index in [0.29, 0.717) is 11.3 Å². The third-order valence-corrected chi connectivity index (χ3v) is 4.23. The zero-order valence-corrected chi connectivity index (χ0v) is 15.2. The molecule has 0 radical (unpaired) electrons. The molecule has 0 N–H and O–H groups in total. The zero-order valence-electron chi connectivity index (χ0n) is 15.2. The second kappa shape index (κ2) is 7.79. The lowest BCUT2D eigenvalue weighted by atomic mass is 10.1. The highest BCUT2D eigenvalue weighted by Crippen LogP contribution is 2.18. The molecule has 3 heteroatoms. The van der Waals surface area contributed by atoms with Crippen LogP contribution in [-0.4, -0.2) is 12.2 Å². The van der Waals surface area contributed by atoms with Crippen LogP contribution in [0.25, 0.3) is 0 Å². The van der Waals surface area contributed by atoms with Crippen molar-refractivity contribution in [3.8, 4) is 5.75 Å². The number of hydrogen-bond donors (Lipinski definition) is 0. The number of nitrogens with zero attached hydrogens (tertiary/aromatic N) is 1. The Morgan fingerprint density at radius 1 is 0.846 bits per heavy atom. The molecule has 0 spiro atoms. The third-order valence-electron chi connectivity index (χ3n) is 4.23. The standard InChI is InChI=1S/C23H21NO2/c1-16-4-9-20(10-5-16)23(25)26-22-12-7-19(8-13-22)15-24-21-11-6-17(2)18(3)14-21/h4-15H,1-3H3. The molecule has 0 amide bonds. The molecule has 0 heterocycles. The van der Waals surface area contributed by atoms with Crippen LogP contribution in [-0.2, 0) is 0 Å². The van der Waals surface area contributed by atoms with Gasteiger partial charge in [-0.1, -0.05) is 23.8 Å². The Morgan fingerprint density at radius 3 is 2.19 bits per heavy atom. The van der Waals surface area contributed by atoms with E-state index in [0.717, 1.165) is 16.8 Å². The average molecular weight is 343 g/mol. The van der Waals surface area contributed by atoms with Crippen LogP contribution in [0.2, 0.25) is 0 Å². The van der Waals surface area contributed by atoms with Gasteiger partial charge in [0.05, 0.1) is 11.3 Å². The Kier molecular flexibility index (Phi) is 5.28. The molecule has 3 aromatic rings. The van der Waals surface area contributed by atoms with E-state index in [1.165, 1.54) is 11.1 Å². The highest BCUT2D eigenvalue weighted by molar-refractivity contribution is 5.91. The lowest BCUT2D eigenvalue weighted by Crippen LogP contribution is -2.08. The number of ether oxygens (including phenoxy) is 1. The zero-order chi connectivity index (χ0) is 18.5. The molecule has 0 aliphatic carbocycles. The summed E-state index contributed by atoms with van der Waals surface area (Å²) in [5.41, 5.74) is 5.98. The summed E-state index contributed by atoms with van der Waals surface area (Å²) in [7, 11) is 0. The van der Waals surface area contributed by atoms with Gasteiger partial charge >= 0.3 is 5.97 Å². The summed E-state index contributed by atoms with van der Waals surface area (Å²) >= 11 is 0. The molecule has 0 saturated carbocycles. The third kappa shape index (κ3) is 4.45. The SMILES string of the molecule is Cc1ccc(C(=O)Oc2ccc(C=Nc3ccc(C)c(C)c3)cc2)cc1. The smallest absolute Gasteiger partial charge is 0.343 e. The van der Waals surface area contributed by atoms with Crippen LogP contribution < -0.4 is 4.74 Å². The van der Waals surface area contributed by atoms with Crippen molar-refractivity contribution >= 4 is 17.9 Å². The number of aryl methyl sites for hydroxylation is 3. The van der Waals surface area contributed by atoms with Crippen molar-refractivity contribution in [2.24, 2.45) is 4.99 Å². The lowest BCUT2D eigenvalue weighted by Gasteiger charge is -2.05. The molecule has 0 bridgehead atoms. The number of carbonyl (C=O) groups is 1. The van der Waals surface area contributed by atoms with Gasteiger partial charge in [0.1, 0.15) is 5.75 Å². The molecule has 26 heavy (non-hydrogen) atoms. The first-order chi connectivity index (χ1) is 12.5. The summed E-state index contributed by atoms with van der Waals surface area (Å²) in [5, 5.41) is 0. The Hall–Kier alpha value is -3.20. The van der Waals surface area contributed by atoms with Gasteiger partial charge in [0.2, 0.25) is 0 Å². The van der Waals surface area contributed by atoms with Crippen molar-refractivity contribution in [3.05, 3.63) is 94.5 Å². The summed E-state index contributed by atoms with van der Waals surface area (Å²) in [5.74, 6) is 0.153. The first-order valence-electron chi connectivity index (χ1n) is 8.51. The Balaban J connectivity index is 1.66. The summed E-state index contributed by atoms with van der Waals surface area (Å²) in [6.07, 6.45) is 1.80. The first kappa shape index (κ1) is 17.6. The molecule has 3 rings (SSSR count). The van der Waals surface area contributed by atoms with Gasteiger partial charge in [-0.25, -0.2) is 4.79 Å². The van der Waals surface area contributed by atoms with Gasteiger partial charge in [0.15, 0.2) is 0 Å². The van der Waals surface area contributed by atoms with Crippen molar-refractivity contribution in [3.63, 3.8) is 0 Å². The van der Waals surface area contributed by atoms with E-state index >= 15 is 0 Å². The van der Waals surface area contributed by atoms with Crippen LogP contribution in [0.5, 0.6) is 5.75 Å². The van der Waals surface area contributed by atoms with Crippen LogP contribution in [0.1, 0.15) is 32.6 Å². The van der Waals surface area contributed by atoms with E-state index < -0.39 is 0 Å². The summed E-state index contributed by atoms with van der Waals surface area (Å²) in [6, 6.07) is 20.7. The number of rotatable bonds is 4. The van der Waals surface area contributed by atoms with Crippen LogP contribution in [0.4, 0.5) is 5.69 Å². The lowest BCUT2D eigenvalue weighted by molar-refractivity contribution is 0.0735. The normalized spacial score (nSPS) is 10.9. The second-order valence-electron chi connectivity index (χ2n) is 6.35. The van der Waals surface area contributed by atoms with Crippen molar-refractivity contribution in [2.45, 2.75) is 20.8 Å². The van der Waals surface area contributed by atoms with Crippen molar-refractivity contribution in [1.82, 2.24) is 0 Å². The molecular weight excluding hydrogens is 322 g/mol. The highest BCUT2D eigenvalue weighted by atomic mass is 16.5. The number of aliphatic imine (C=N–C) groups is 1. The molecule has 0 aromatic heterocycles. The number of hydrogen-bond acceptors (Lipinski definition) is 3. The summed E-state index contributed by atoms with van der Waals surface area (Å²) < 4.78 is 5.40. The van der Waals surface area contributed by atoms with Gasteiger partial charge in [0, 0.05) is 6.21 Å². The van der Waals surface area contributed by atoms with E-state index in [9.17, 15) is 4.79 Å². The average Bonchev–Trinajstić information content (AvgIpc) is 2.64. The molecule has 130 valence electrons. The van der Waals surface area contributed by atoms with E-state index in [1.54, 1.807) is 30.5 Å². The number of carbonyl (C=O) groups excluding carboxylic acids is 1. The Morgan fingerprint density at radius 2 is 1.54 bits per heavy atom. The molecular formula is C23H21NO2. The van der Waals surface area contributed by atoms with Gasteiger partial charge in [-0.15, -0.1) is 0 Å². The minimum atomic E-state index is -0.360. The maximum Gasteiger partial charge on any atom is 0.343 e. The van der Waals surface area contributed by atoms with Crippen LogP contribution in [0.3, 0.4) is 0 Å². The van der Waals surface area contributed by atoms with E-state index in [4.69, 9.17) is 4.74 Å². The Labute approximate surface area is 154 Å². The maximum absolute atomic E-state index is 12.1. The fourth-order valence-corrected chi connectivity index (χ4v) is 2.43. The Bertz CT molecular complexity index is 939. The van der Waals surface area contributed by atoms with E-state index in [-0.39, 0.29) is 5.97 Å². The molecule has 0 atom stereocenters. The van der Waals surface area contributed by atoms with Gasteiger partial charge in [-0.3, -0.25) is 4.99 Å². The monoisotopic (exact) mass is 343 g/mol. The van der Waals surface area contributed by atoms with E-state index in [1.807, 2.05) is 37.3 Å². The first-order valence-corrected chi connectivity index (χ1v) is 8.51. The van der Waals surface area contributed by atoms with Crippen molar-refractivity contribution in [2.75, 3.05) is 0 Å². The number of esters is 1. The molecule has 0 fully saturated rings. The van der Waals surface area contributed by atoms with Crippen LogP contribution in [0, 0.1) is 20.8 Å². The minimum Gasteiger partial charge on any atom is -0.423 e. The minimum absolute atomic E-state index is 0.360. The topological polar surface area (TPSA) is 38.7 Å². The fourth-order valence-electron chi connectivity index (χ4n) is 2.43.